The first-order valence-corrected chi connectivity index (χ1v) is 8.73. The van der Waals surface area contributed by atoms with Crippen molar-refractivity contribution in [1.29, 1.82) is 0 Å². The quantitative estimate of drug-likeness (QED) is 0.856. The van der Waals surface area contributed by atoms with Gasteiger partial charge in [-0.2, -0.15) is 0 Å². The second kappa shape index (κ2) is 5.45. The molecule has 1 fully saturated rings. The van der Waals surface area contributed by atoms with Gasteiger partial charge in [0.1, 0.15) is 5.78 Å². The lowest BCUT2D eigenvalue weighted by molar-refractivity contribution is -0.119. The SMILES string of the molecule is CS(=O)(=O)c1ccc(SC2CCCCC2=O)cc1. The number of thioether (sulfide) groups is 1. The zero-order chi connectivity index (χ0) is 13.2. The van der Waals surface area contributed by atoms with E-state index in [1.54, 1.807) is 36.0 Å². The molecule has 0 amide bonds. The molecule has 0 bridgehead atoms. The van der Waals surface area contributed by atoms with Gasteiger partial charge in [-0.05, 0) is 37.1 Å². The van der Waals surface area contributed by atoms with E-state index in [0.29, 0.717) is 17.1 Å². The van der Waals surface area contributed by atoms with Crippen LogP contribution in [0.4, 0.5) is 0 Å². The van der Waals surface area contributed by atoms with E-state index in [9.17, 15) is 13.2 Å². The molecule has 3 nitrogen and oxygen atoms in total. The standard InChI is InChI=1S/C13H16O3S2/c1-18(15,16)11-8-6-10(7-9-11)17-13-5-3-2-4-12(13)14/h6-9,13H,2-5H2,1H3. The molecule has 0 N–H and O–H groups in total. The van der Waals surface area contributed by atoms with Crippen LogP contribution in [-0.4, -0.2) is 25.7 Å². The van der Waals surface area contributed by atoms with Crippen LogP contribution in [0, 0.1) is 0 Å². The molecular weight excluding hydrogens is 268 g/mol. The summed E-state index contributed by atoms with van der Waals surface area (Å²) in [5.41, 5.74) is 0. The molecular formula is C13H16O3S2. The lowest BCUT2D eigenvalue weighted by Gasteiger charge is -2.19. The van der Waals surface area contributed by atoms with Gasteiger partial charge >= 0.3 is 0 Å². The first-order chi connectivity index (χ1) is 8.47. The van der Waals surface area contributed by atoms with Crippen LogP contribution in [0.2, 0.25) is 0 Å². The third-order valence-corrected chi connectivity index (χ3v) is 5.48. The van der Waals surface area contributed by atoms with Gasteiger partial charge < -0.3 is 0 Å². The Kier molecular flexibility index (Phi) is 4.12. The summed E-state index contributed by atoms with van der Waals surface area (Å²) in [4.78, 5) is 13.0. The fraction of sp³-hybridized carbons (Fsp3) is 0.462. The second-order valence-electron chi connectivity index (χ2n) is 4.56. The van der Waals surface area contributed by atoms with Gasteiger partial charge in [0.25, 0.3) is 0 Å². The van der Waals surface area contributed by atoms with Crippen LogP contribution in [0.5, 0.6) is 0 Å². The Morgan fingerprint density at radius 1 is 1.17 bits per heavy atom. The molecule has 1 atom stereocenters. The van der Waals surface area contributed by atoms with E-state index in [1.807, 2.05) is 0 Å². The Labute approximate surface area is 112 Å². The molecule has 0 aromatic heterocycles. The van der Waals surface area contributed by atoms with E-state index in [-0.39, 0.29) is 5.25 Å². The van der Waals surface area contributed by atoms with E-state index in [0.717, 1.165) is 24.2 Å². The van der Waals surface area contributed by atoms with E-state index < -0.39 is 9.84 Å². The van der Waals surface area contributed by atoms with Crippen LogP contribution in [0.1, 0.15) is 25.7 Å². The van der Waals surface area contributed by atoms with Crippen molar-refractivity contribution in [1.82, 2.24) is 0 Å². The summed E-state index contributed by atoms with van der Waals surface area (Å²) in [5, 5.41) is 0.0443. The summed E-state index contributed by atoms with van der Waals surface area (Å²) in [6, 6.07) is 6.77. The van der Waals surface area contributed by atoms with Gasteiger partial charge in [0.2, 0.25) is 0 Å². The van der Waals surface area contributed by atoms with Gasteiger partial charge in [0, 0.05) is 17.6 Å². The number of rotatable bonds is 3. The molecule has 1 unspecified atom stereocenters. The lowest BCUT2D eigenvalue weighted by atomic mass is 9.99. The fourth-order valence-corrected chi connectivity index (χ4v) is 3.79. The third-order valence-electron chi connectivity index (χ3n) is 3.03. The molecule has 1 saturated carbocycles. The Morgan fingerprint density at radius 2 is 1.83 bits per heavy atom. The molecule has 1 aromatic carbocycles. The molecule has 1 aliphatic rings. The average Bonchev–Trinajstić information content (AvgIpc) is 2.32. The topological polar surface area (TPSA) is 51.2 Å². The fourth-order valence-electron chi connectivity index (χ4n) is 2.01. The average molecular weight is 284 g/mol. The minimum absolute atomic E-state index is 0.0443. The number of carbonyl (C=O) groups is 1. The number of carbonyl (C=O) groups excluding carboxylic acids is 1. The molecule has 2 rings (SSSR count). The van der Waals surface area contributed by atoms with E-state index >= 15 is 0 Å². The molecule has 18 heavy (non-hydrogen) atoms. The molecule has 98 valence electrons. The van der Waals surface area contributed by atoms with Crippen LogP contribution in [-0.2, 0) is 14.6 Å². The Hall–Kier alpha value is -0.810. The van der Waals surface area contributed by atoms with Crippen molar-refractivity contribution in [2.45, 2.75) is 40.7 Å². The zero-order valence-electron chi connectivity index (χ0n) is 10.3. The summed E-state index contributed by atoms with van der Waals surface area (Å²) in [7, 11) is -3.14. The first kappa shape index (κ1) is 13.6. The van der Waals surface area contributed by atoms with Crippen molar-refractivity contribution < 1.29 is 13.2 Å². The van der Waals surface area contributed by atoms with Gasteiger partial charge in [-0.3, -0.25) is 4.79 Å². The first-order valence-electron chi connectivity index (χ1n) is 5.96. The monoisotopic (exact) mass is 284 g/mol. The zero-order valence-corrected chi connectivity index (χ0v) is 11.9. The Bertz CT molecular complexity index is 532. The van der Waals surface area contributed by atoms with Gasteiger partial charge in [-0.1, -0.05) is 6.42 Å². The largest absolute Gasteiger partial charge is 0.298 e. The number of benzene rings is 1. The van der Waals surface area contributed by atoms with Crippen molar-refractivity contribution >= 4 is 27.4 Å². The summed E-state index contributed by atoms with van der Waals surface area (Å²) >= 11 is 1.55. The minimum Gasteiger partial charge on any atom is -0.298 e. The highest BCUT2D eigenvalue weighted by Crippen LogP contribution is 2.31. The van der Waals surface area contributed by atoms with Gasteiger partial charge in [-0.25, -0.2) is 8.42 Å². The molecule has 0 aliphatic heterocycles. The summed E-state index contributed by atoms with van der Waals surface area (Å²) < 4.78 is 22.7. The van der Waals surface area contributed by atoms with Crippen LogP contribution in [0.3, 0.4) is 0 Å². The van der Waals surface area contributed by atoms with E-state index in [4.69, 9.17) is 0 Å². The summed E-state index contributed by atoms with van der Waals surface area (Å²) in [6.07, 6.45) is 4.91. The summed E-state index contributed by atoms with van der Waals surface area (Å²) in [5.74, 6) is 0.318. The number of ketones is 1. The highest BCUT2D eigenvalue weighted by Gasteiger charge is 2.23. The van der Waals surface area contributed by atoms with E-state index in [1.165, 1.54) is 6.26 Å². The number of hydrogen-bond donors (Lipinski definition) is 0. The molecule has 0 heterocycles. The van der Waals surface area contributed by atoms with Gasteiger partial charge in [0.15, 0.2) is 9.84 Å². The molecule has 5 heteroatoms. The number of hydrogen-bond acceptors (Lipinski definition) is 4. The Balaban J connectivity index is 2.08. The summed E-state index contributed by atoms with van der Waals surface area (Å²) in [6.45, 7) is 0. The maximum Gasteiger partial charge on any atom is 0.175 e. The predicted molar refractivity (Wildman–Crippen MR) is 72.7 cm³/mol. The number of Topliss-reactive ketones (excluding diaryl/α,β-unsaturated/α-hetero) is 1. The van der Waals surface area contributed by atoms with Crippen LogP contribution < -0.4 is 0 Å². The maximum atomic E-state index is 11.7. The number of sulfone groups is 1. The highest BCUT2D eigenvalue weighted by atomic mass is 32.2. The molecule has 0 spiro atoms. The van der Waals surface area contributed by atoms with Crippen LogP contribution >= 0.6 is 11.8 Å². The minimum atomic E-state index is -3.14. The molecule has 0 saturated heterocycles. The van der Waals surface area contributed by atoms with Crippen molar-refractivity contribution in [2.75, 3.05) is 6.26 Å². The lowest BCUT2D eigenvalue weighted by Crippen LogP contribution is -2.21. The van der Waals surface area contributed by atoms with Crippen molar-refractivity contribution in [2.24, 2.45) is 0 Å². The second-order valence-corrected chi connectivity index (χ2v) is 7.85. The molecule has 1 aromatic rings. The van der Waals surface area contributed by atoms with Crippen molar-refractivity contribution in [3.63, 3.8) is 0 Å². The smallest absolute Gasteiger partial charge is 0.175 e. The van der Waals surface area contributed by atoms with Crippen LogP contribution in [0.25, 0.3) is 0 Å². The van der Waals surface area contributed by atoms with Crippen molar-refractivity contribution in [3.05, 3.63) is 24.3 Å². The maximum absolute atomic E-state index is 11.7. The van der Waals surface area contributed by atoms with E-state index in [2.05, 4.69) is 0 Å². The normalized spacial score (nSPS) is 20.9. The highest BCUT2D eigenvalue weighted by molar-refractivity contribution is 8.00. The molecule has 0 radical (unpaired) electrons. The van der Waals surface area contributed by atoms with Gasteiger partial charge in [-0.15, -0.1) is 11.8 Å². The Morgan fingerprint density at radius 3 is 2.39 bits per heavy atom. The predicted octanol–water partition coefficient (Wildman–Crippen LogP) is 2.69. The van der Waals surface area contributed by atoms with Crippen molar-refractivity contribution in [3.8, 4) is 0 Å². The van der Waals surface area contributed by atoms with Crippen LogP contribution in [0.15, 0.2) is 34.1 Å². The third kappa shape index (κ3) is 3.36. The van der Waals surface area contributed by atoms with Gasteiger partial charge in [0.05, 0.1) is 10.1 Å². The molecule has 1 aliphatic carbocycles.